The van der Waals surface area contributed by atoms with Crippen LogP contribution in [0, 0.1) is 12.8 Å². The molecule has 0 aliphatic carbocycles. The van der Waals surface area contributed by atoms with E-state index in [2.05, 4.69) is 35.3 Å². The van der Waals surface area contributed by atoms with Crippen LogP contribution >= 0.6 is 0 Å². The molecule has 1 aromatic carbocycles. The maximum absolute atomic E-state index is 5.27. The van der Waals surface area contributed by atoms with E-state index in [-0.39, 0.29) is 0 Å². The van der Waals surface area contributed by atoms with Crippen molar-refractivity contribution in [2.75, 3.05) is 38.8 Å². The van der Waals surface area contributed by atoms with Gasteiger partial charge in [0.15, 0.2) is 0 Å². The van der Waals surface area contributed by atoms with E-state index in [1.165, 1.54) is 23.2 Å². The van der Waals surface area contributed by atoms with Gasteiger partial charge in [-0.15, -0.1) is 0 Å². The summed E-state index contributed by atoms with van der Waals surface area (Å²) in [7, 11) is 3.80. The number of anilines is 1. The molecule has 1 unspecified atom stereocenters. The molecule has 1 N–H and O–H groups in total. The summed E-state index contributed by atoms with van der Waals surface area (Å²) >= 11 is 0. The lowest BCUT2D eigenvalue weighted by atomic mass is 10.1. The van der Waals surface area contributed by atoms with E-state index in [4.69, 9.17) is 4.74 Å². The zero-order chi connectivity index (χ0) is 13.0. The summed E-state index contributed by atoms with van der Waals surface area (Å²) in [5.74, 6) is 0.679. The number of hydrogen-bond donors (Lipinski definition) is 1. The minimum absolute atomic E-state index is 0.679. The summed E-state index contributed by atoms with van der Waals surface area (Å²) in [4.78, 5) is 2.50. The molecule has 0 radical (unpaired) electrons. The molecule has 1 fully saturated rings. The Morgan fingerprint density at radius 3 is 3.00 bits per heavy atom. The van der Waals surface area contributed by atoms with Crippen LogP contribution in [0.25, 0.3) is 0 Å². The maximum atomic E-state index is 5.27. The third-order valence-electron chi connectivity index (χ3n) is 3.63. The highest BCUT2D eigenvalue weighted by atomic mass is 16.5. The summed E-state index contributed by atoms with van der Waals surface area (Å²) in [6.45, 7) is 6.23. The van der Waals surface area contributed by atoms with Gasteiger partial charge in [-0.2, -0.15) is 0 Å². The molecule has 0 amide bonds. The molecule has 1 aromatic rings. The average molecular weight is 248 g/mol. The van der Waals surface area contributed by atoms with E-state index in [1.54, 1.807) is 7.11 Å². The molecule has 3 heteroatoms. The van der Waals surface area contributed by atoms with Gasteiger partial charge in [-0.05, 0) is 32.0 Å². The van der Waals surface area contributed by atoms with Crippen LogP contribution in [-0.4, -0.2) is 33.9 Å². The SMILES string of the molecule is CNCc1cc(C)ccc1N1CCC(COC)C1. The van der Waals surface area contributed by atoms with E-state index in [0.717, 1.165) is 26.2 Å². The van der Waals surface area contributed by atoms with Gasteiger partial charge in [0.1, 0.15) is 0 Å². The molecule has 18 heavy (non-hydrogen) atoms. The Labute approximate surface area is 110 Å². The van der Waals surface area contributed by atoms with Crippen molar-refractivity contribution in [2.24, 2.45) is 5.92 Å². The van der Waals surface area contributed by atoms with Crippen molar-refractivity contribution >= 4 is 5.69 Å². The number of nitrogens with zero attached hydrogens (tertiary/aromatic N) is 1. The minimum atomic E-state index is 0.679. The molecule has 0 spiro atoms. The lowest BCUT2D eigenvalue weighted by Crippen LogP contribution is -2.23. The van der Waals surface area contributed by atoms with Crippen LogP contribution in [0.5, 0.6) is 0 Å². The first-order chi connectivity index (χ1) is 8.74. The molecule has 1 aliphatic rings. The minimum Gasteiger partial charge on any atom is -0.384 e. The third kappa shape index (κ3) is 3.03. The fourth-order valence-corrected chi connectivity index (χ4v) is 2.78. The normalized spacial score (nSPS) is 19.5. The quantitative estimate of drug-likeness (QED) is 0.864. The van der Waals surface area contributed by atoms with E-state index >= 15 is 0 Å². The molecular weight excluding hydrogens is 224 g/mol. The number of rotatable bonds is 5. The molecule has 1 aliphatic heterocycles. The first kappa shape index (κ1) is 13.4. The Morgan fingerprint density at radius 1 is 1.44 bits per heavy atom. The predicted molar refractivity (Wildman–Crippen MR) is 76.1 cm³/mol. The summed E-state index contributed by atoms with van der Waals surface area (Å²) in [6, 6.07) is 6.75. The van der Waals surface area contributed by atoms with Crippen LogP contribution in [0.2, 0.25) is 0 Å². The number of hydrogen-bond acceptors (Lipinski definition) is 3. The van der Waals surface area contributed by atoms with E-state index < -0.39 is 0 Å². The van der Waals surface area contributed by atoms with Crippen molar-refractivity contribution in [3.8, 4) is 0 Å². The standard InChI is InChI=1S/C15H24N2O/c1-12-4-5-15(14(8-12)9-16-2)17-7-6-13(10-17)11-18-3/h4-5,8,13,16H,6-7,9-11H2,1-3H3. The molecule has 2 rings (SSSR count). The van der Waals surface area contributed by atoms with Gasteiger partial charge in [0.25, 0.3) is 0 Å². The molecule has 3 nitrogen and oxygen atoms in total. The van der Waals surface area contributed by atoms with Crippen LogP contribution in [-0.2, 0) is 11.3 Å². The van der Waals surface area contributed by atoms with Gasteiger partial charge in [0.2, 0.25) is 0 Å². The predicted octanol–water partition coefficient (Wildman–Crippen LogP) is 2.19. The van der Waals surface area contributed by atoms with Gasteiger partial charge in [-0.1, -0.05) is 17.7 Å². The lowest BCUT2D eigenvalue weighted by molar-refractivity contribution is 0.161. The zero-order valence-electron chi connectivity index (χ0n) is 11.7. The van der Waals surface area contributed by atoms with Gasteiger partial charge >= 0.3 is 0 Å². The van der Waals surface area contributed by atoms with E-state index in [9.17, 15) is 0 Å². The Bertz CT molecular complexity index is 392. The van der Waals surface area contributed by atoms with Crippen LogP contribution in [0.4, 0.5) is 5.69 Å². The van der Waals surface area contributed by atoms with Crippen molar-refractivity contribution in [3.05, 3.63) is 29.3 Å². The van der Waals surface area contributed by atoms with Gasteiger partial charge in [0, 0.05) is 38.3 Å². The topological polar surface area (TPSA) is 24.5 Å². The smallest absolute Gasteiger partial charge is 0.0508 e. The van der Waals surface area contributed by atoms with Crippen molar-refractivity contribution < 1.29 is 4.74 Å². The fourth-order valence-electron chi connectivity index (χ4n) is 2.78. The molecule has 1 heterocycles. The Hall–Kier alpha value is -1.06. The lowest BCUT2D eigenvalue weighted by Gasteiger charge is -2.22. The average Bonchev–Trinajstić information content (AvgIpc) is 2.79. The zero-order valence-corrected chi connectivity index (χ0v) is 11.7. The fraction of sp³-hybridized carbons (Fsp3) is 0.600. The maximum Gasteiger partial charge on any atom is 0.0508 e. The number of aryl methyl sites for hydroxylation is 1. The Kier molecular flexibility index (Phi) is 4.61. The second-order valence-corrected chi connectivity index (χ2v) is 5.22. The van der Waals surface area contributed by atoms with Crippen LogP contribution < -0.4 is 10.2 Å². The molecule has 0 bridgehead atoms. The molecule has 0 saturated carbocycles. The second kappa shape index (κ2) is 6.21. The van der Waals surface area contributed by atoms with Crippen LogP contribution in [0.15, 0.2) is 18.2 Å². The van der Waals surface area contributed by atoms with Crippen molar-refractivity contribution in [2.45, 2.75) is 19.9 Å². The highest BCUT2D eigenvalue weighted by Gasteiger charge is 2.23. The Balaban J connectivity index is 2.13. The van der Waals surface area contributed by atoms with E-state index in [0.29, 0.717) is 5.92 Å². The highest BCUT2D eigenvalue weighted by molar-refractivity contribution is 5.55. The van der Waals surface area contributed by atoms with Gasteiger partial charge in [-0.3, -0.25) is 0 Å². The molecular formula is C15H24N2O. The molecule has 1 atom stereocenters. The van der Waals surface area contributed by atoms with Gasteiger partial charge in [0.05, 0.1) is 6.61 Å². The number of nitrogens with one attached hydrogen (secondary N) is 1. The monoisotopic (exact) mass is 248 g/mol. The Morgan fingerprint density at radius 2 is 2.28 bits per heavy atom. The summed E-state index contributed by atoms with van der Waals surface area (Å²) in [5.41, 5.74) is 4.11. The van der Waals surface area contributed by atoms with Crippen molar-refractivity contribution in [3.63, 3.8) is 0 Å². The highest BCUT2D eigenvalue weighted by Crippen LogP contribution is 2.28. The number of benzene rings is 1. The molecule has 0 aromatic heterocycles. The number of methoxy groups -OCH3 is 1. The molecule has 1 saturated heterocycles. The first-order valence-electron chi connectivity index (χ1n) is 6.72. The van der Waals surface area contributed by atoms with Gasteiger partial charge in [-0.25, -0.2) is 0 Å². The summed E-state index contributed by atoms with van der Waals surface area (Å²) in [5, 5.41) is 3.26. The third-order valence-corrected chi connectivity index (χ3v) is 3.63. The summed E-state index contributed by atoms with van der Waals surface area (Å²) < 4.78 is 5.27. The van der Waals surface area contributed by atoms with Crippen molar-refractivity contribution in [1.82, 2.24) is 5.32 Å². The van der Waals surface area contributed by atoms with Gasteiger partial charge < -0.3 is 15.0 Å². The second-order valence-electron chi connectivity index (χ2n) is 5.22. The van der Waals surface area contributed by atoms with Crippen LogP contribution in [0.1, 0.15) is 17.5 Å². The van der Waals surface area contributed by atoms with E-state index in [1.807, 2.05) is 7.05 Å². The molecule has 100 valence electrons. The first-order valence-corrected chi connectivity index (χ1v) is 6.72. The number of ether oxygens (including phenoxy) is 1. The van der Waals surface area contributed by atoms with Crippen LogP contribution in [0.3, 0.4) is 0 Å². The van der Waals surface area contributed by atoms with Crippen molar-refractivity contribution in [1.29, 1.82) is 0 Å². The largest absolute Gasteiger partial charge is 0.384 e. The summed E-state index contributed by atoms with van der Waals surface area (Å²) in [6.07, 6.45) is 1.24.